The Morgan fingerprint density at radius 2 is 1.73 bits per heavy atom. The molecule has 0 aliphatic carbocycles. The van der Waals surface area contributed by atoms with Crippen LogP contribution in [-0.4, -0.2) is 138 Å². The summed E-state index contributed by atoms with van der Waals surface area (Å²) in [6.45, 7) is 10.2. The second kappa shape index (κ2) is 23.7. The van der Waals surface area contributed by atoms with Crippen LogP contribution in [0.15, 0.2) is 95.3 Å². The molecule has 0 spiro atoms. The number of nitrogens with zero attached hydrogens (tertiary/aromatic N) is 6. The summed E-state index contributed by atoms with van der Waals surface area (Å²) in [5.74, 6) is -2.95. The normalized spacial score (nSPS) is 30.9. The molecule has 4 aromatic rings. The average Bonchev–Trinajstić information content (AvgIpc) is 3.77. The topological polar surface area (TPSA) is 193 Å². The number of fused-ring (bicyclic) bond motifs is 1. The van der Waals surface area contributed by atoms with Crippen molar-refractivity contribution in [3.63, 3.8) is 0 Å². The Bertz CT molecular complexity index is 2270. The van der Waals surface area contributed by atoms with Gasteiger partial charge in [-0.05, 0) is 95.6 Å². The number of rotatable bonds is 13. The number of hydrogen-bond acceptors (Lipinski definition) is 14. The Morgan fingerprint density at radius 1 is 0.985 bits per heavy atom. The van der Waals surface area contributed by atoms with E-state index in [2.05, 4.69) is 48.3 Å². The predicted molar refractivity (Wildman–Crippen MR) is 254 cm³/mol. The smallest absolute Gasteiger partial charge is 0.308 e. The lowest BCUT2D eigenvalue weighted by molar-refractivity contribution is -0.304. The highest BCUT2D eigenvalue weighted by atomic mass is 79.9. The number of likely N-dealkylation sites (N-methyl/N-ethyl adjacent to an activating group) is 1. The van der Waals surface area contributed by atoms with Crippen LogP contribution in [0.4, 0.5) is 0 Å². The fourth-order valence-electron chi connectivity index (χ4n) is 9.18. The van der Waals surface area contributed by atoms with Crippen molar-refractivity contribution in [1.29, 1.82) is 0 Å². The molecule has 1 fully saturated rings. The molecule has 2 aromatic heterocycles. The van der Waals surface area contributed by atoms with Crippen LogP contribution >= 0.6 is 15.9 Å². The minimum Gasteiger partial charge on any atom is -0.462 e. The molecule has 0 bridgehead atoms. The number of halogens is 1. The fourth-order valence-corrected chi connectivity index (χ4v) is 9.44. The van der Waals surface area contributed by atoms with E-state index in [1.807, 2.05) is 69.4 Å². The molecule has 0 unspecified atom stereocenters. The Kier molecular flexibility index (Phi) is 18.4. The van der Waals surface area contributed by atoms with E-state index in [-0.39, 0.29) is 18.8 Å². The van der Waals surface area contributed by atoms with Crippen molar-refractivity contribution in [2.45, 2.75) is 122 Å². The molecule has 16 heteroatoms. The highest BCUT2D eigenvalue weighted by Crippen LogP contribution is 2.35. The quantitative estimate of drug-likeness (QED) is 0.118. The van der Waals surface area contributed by atoms with Crippen LogP contribution < -0.4 is 0 Å². The summed E-state index contributed by atoms with van der Waals surface area (Å²) in [7, 11) is 3.53. The van der Waals surface area contributed by atoms with E-state index >= 15 is 0 Å². The number of carbonyl (C=O) groups excluding carboxylic acids is 2. The molecule has 15 nitrogen and oxygen atoms in total. The number of ketones is 1. The van der Waals surface area contributed by atoms with Gasteiger partial charge >= 0.3 is 5.97 Å². The number of aromatic nitrogens is 4. The first-order valence-corrected chi connectivity index (χ1v) is 23.8. The number of ether oxygens (including phenoxy) is 3. The summed E-state index contributed by atoms with van der Waals surface area (Å²) in [6, 6.07) is 17.3. The molecular formula is C50H67BrN6O9. The number of para-hydroxylation sites is 1. The molecule has 4 heterocycles. The van der Waals surface area contributed by atoms with Gasteiger partial charge in [0.25, 0.3) is 0 Å². The lowest BCUT2D eigenvalue weighted by Gasteiger charge is -2.46. The molecule has 0 saturated carbocycles. The van der Waals surface area contributed by atoms with Crippen LogP contribution in [0.25, 0.3) is 16.6 Å². The van der Waals surface area contributed by atoms with Crippen molar-refractivity contribution in [3.05, 3.63) is 107 Å². The fraction of sp³-hybridized carbons (Fsp3) is 0.540. The van der Waals surface area contributed by atoms with E-state index in [9.17, 15) is 30.0 Å². The Morgan fingerprint density at radius 3 is 2.44 bits per heavy atom. The lowest BCUT2D eigenvalue weighted by Crippen LogP contribution is -2.63. The summed E-state index contributed by atoms with van der Waals surface area (Å²) in [6.07, 6.45) is 2.54. The maximum Gasteiger partial charge on any atom is 0.308 e. The van der Waals surface area contributed by atoms with Gasteiger partial charge in [0.15, 0.2) is 12.1 Å². The highest BCUT2D eigenvalue weighted by Gasteiger charge is 2.47. The highest BCUT2D eigenvalue weighted by molar-refractivity contribution is 9.10. The molecule has 12 atom stereocenters. The zero-order chi connectivity index (χ0) is 47.7. The molecule has 2 aromatic carbocycles. The first-order valence-electron chi connectivity index (χ1n) is 23.0. The van der Waals surface area contributed by atoms with Gasteiger partial charge in [-0.25, -0.2) is 4.68 Å². The minimum atomic E-state index is -1.28. The van der Waals surface area contributed by atoms with E-state index in [4.69, 9.17) is 14.2 Å². The van der Waals surface area contributed by atoms with Crippen LogP contribution in [0.3, 0.4) is 0 Å². The molecule has 66 heavy (non-hydrogen) atoms. The van der Waals surface area contributed by atoms with E-state index < -0.39 is 78.6 Å². The minimum absolute atomic E-state index is 0.115. The number of aliphatic hydroxyl groups is 4. The summed E-state index contributed by atoms with van der Waals surface area (Å²) in [4.78, 5) is 36.2. The second-order valence-electron chi connectivity index (χ2n) is 18.4. The van der Waals surface area contributed by atoms with Crippen molar-refractivity contribution in [2.75, 3.05) is 27.2 Å². The first kappa shape index (κ1) is 51.2. The van der Waals surface area contributed by atoms with Crippen LogP contribution in [0.1, 0.15) is 71.6 Å². The third-order valence-corrected chi connectivity index (χ3v) is 13.6. The molecule has 0 amide bonds. The van der Waals surface area contributed by atoms with Gasteiger partial charge in [-0.15, -0.1) is 5.10 Å². The summed E-state index contributed by atoms with van der Waals surface area (Å²) >= 11 is 3.56. The van der Waals surface area contributed by atoms with Gasteiger partial charge < -0.3 is 39.5 Å². The molecule has 0 radical (unpaired) electrons. The number of cyclic esters (lactones) is 1. The molecule has 358 valence electrons. The maximum atomic E-state index is 14.0. The standard InChI is InChI=1S/C50H67BrN6O9/c1-8-44-37(29-58)21-30(2)13-18-42(59)31(3)22-36(49(32(4)43(60)24-45(61)65-44)66-50-48(63)46(55(6)7)47(62)33(5)64-50)19-20-56(26-34-14-16-38(51)17-15-34)27-39-28-57(54-53-39)40-23-35-11-9-10-12-41(35)52-25-40/h9-18,21,23,25,28,31-33,36-37,43-44,46-50,58,60,62-63H,8,19-20,22,24,26-27,29H2,1-7H3/b18-13+,30-21+/t31-,32+,33-,36+,37-,43-,44-,46+,47-,48-,49-,50+/m1/s1. The third-order valence-electron chi connectivity index (χ3n) is 13.1. The van der Waals surface area contributed by atoms with Gasteiger partial charge in [0.1, 0.15) is 12.2 Å². The summed E-state index contributed by atoms with van der Waals surface area (Å²) < 4.78 is 21.6. The van der Waals surface area contributed by atoms with Crippen LogP contribution in [0, 0.1) is 23.7 Å². The molecule has 1 saturated heterocycles. The Labute approximate surface area is 396 Å². The summed E-state index contributed by atoms with van der Waals surface area (Å²) in [5, 5.41) is 55.1. The number of benzene rings is 2. The third kappa shape index (κ3) is 13.3. The van der Waals surface area contributed by atoms with Crippen LogP contribution in [-0.2, 0) is 36.9 Å². The Hall–Kier alpha value is -4.23. The average molecular weight is 976 g/mol. The first-order chi connectivity index (χ1) is 31.5. The predicted octanol–water partition coefficient (Wildman–Crippen LogP) is 5.80. The van der Waals surface area contributed by atoms with Crippen LogP contribution in [0.2, 0.25) is 0 Å². The van der Waals surface area contributed by atoms with Crippen molar-refractivity contribution in [1.82, 2.24) is 29.8 Å². The molecular weight excluding hydrogens is 908 g/mol. The molecule has 2 aliphatic rings. The van der Waals surface area contributed by atoms with Gasteiger partial charge in [-0.1, -0.05) is 90.0 Å². The van der Waals surface area contributed by atoms with Gasteiger partial charge in [-0.2, -0.15) is 0 Å². The molecule has 2 aliphatic heterocycles. The number of allylic oxidation sites excluding steroid dienone is 3. The SMILES string of the molecule is CC[C@H]1OC(=O)C[C@@H](O)[C@H](C)[C@@H](O[C@@H]2O[C@H](C)[C@@H](O)[C@H](N(C)C)[C@H]2O)[C@@H](CCN(Cc2ccc(Br)cc2)Cc2cn(-c3cnc4ccccc4c3)nn2)C[C@@H](C)C(=O)/C=C/C(C)=C/[C@@H]1CO. The zero-order valence-corrected chi connectivity index (χ0v) is 40.6. The molecule has 6 rings (SSSR count). The lowest BCUT2D eigenvalue weighted by atomic mass is 9.79. The number of pyridine rings is 1. The van der Waals surface area contributed by atoms with Crippen molar-refractivity contribution in [2.24, 2.45) is 23.7 Å². The van der Waals surface area contributed by atoms with E-state index in [0.29, 0.717) is 38.9 Å². The van der Waals surface area contributed by atoms with Gasteiger partial charge in [0, 0.05) is 40.7 Å². The Balaban J connectivity index is 1.36. The number of hydrogen-bond donors (Lipinski definition) is 4. The maximum absolute atomic E-state index is 14.0. The number of carbonyl (C=O) groups is 2. The largest absolute Gasteiger partial charge is 0.462 e. The monoisotopic (exact) mass is 974 g/mol. The number of aliphatic hydroxyl groups excluding tert-OH is 4. The second-order valence-corrected chi connectivity index (χ2v) is 19.3. The summed E-state index contributed by atoms with van der Waals surface area (Å²) in [5.41, 5.74) is 4.17. The van der Waals surface area contributed by atoms with E-state index in [1.54, 1.807) is 61.9 Å². The van der Waals surface area contributed by atoms with Gasteiger partial charge in [0.2, 0.25) is 0 Å². The van der Waals surface area contributed by atoms with Gasteiger partial charge in [0.05, 0.1) is 72.8 Å². The number of esters is 1. The van der Waals surface area contributed by atoms with Crippen molar-refractivity contribution in [3.8, 4) is 5.69 Å². The zero-order valence-electron chi connectivity index (χ0n) is 39.1. The molecule has 4 N–H and O–H groups in total. The van der Waals surface area contributed by atoms with Crippen molar-refractivity contribution < 1.29 is 44.2 Å². The van der Waals surface area contributed by atoms with E-state index in [1.165, 1.54) is 0 Å². The van der Waals surface area contributed by atoms with Gasteiger partial charge in [-0.3, -0.25) is 19.5 Å². The van der Waals surface area contributed by atoms with E-state index in [0.717, 1.165) is 37.9 Å². The van der Waals surface area contributed by atoms with Crippen LogP contribution in [0.5, 0.6) is 0 Å². The van der Waals surface area contributed by atoms with Crippen molar-refractivity contribution >= 4 is 38.6 Å².